The minimum atomic E-state index is -0.377. The molecule has 25 heavy (non-hydrogen) atoms. The number of hydrogen-bond donors (Lipinski definition) is 1. The van der Waals surface area contributed by atoms with E-state index in [2.05, 4.69) is 26.7 Å². The van der Waals surface area contributed by atoms with E-state index in [1.165, 1.54) is 11.8 Å². The van der Waals surface area contributed by atoms with Crippen LogP contribution in [0.5, 0.6) is 0 Å². The highest BCUT2D eigenvalue weighted by Gasteiger charge is 2.21. The van der Waals surface area contributed by atoms with Gasteiger partial charge in [0.2, 0.25) is 11.8 Å². The minimum Gasteiger partial charge on any atom is -0.338 e. The molecule has 0 saturated heterocycles. The average Bonchev–Trinajstić information content (AvgIpc) is 3.13. The summed E-state index contributed by atoms with van der Waals surface area (Å²) in [7, 11) is 0. The zero-order valence-corrected chi connectivity index (χ0v) is 15.3. The van der Waals surface area contributed by atoms with Gasteiger partial charge in [0.05, 0.1) is 10.9 Å². The summed E-state index contributed by atoms with van der Waals surface area (Å²) in [5.41, 5.74) is 2.84. The summed E-state index contributed by atoms with van der Waals surface area (Å²) in [5.74, 6) is 0.926. The van der Waals surface area contributed by atoms with Gasteiger partial charge in [-0.05, 0) is 45.4 Å². The molecule has 0 spiro atoms. The van der Waals surface area contributed by atoms with Crippen molar-refractivity contribution in [3.63, 3.8) is 0 Å². The Kier molecular flexibility index (Phi) is 4.89. The fraction of sp³-hybridized carbons (Fsp3) is 0.294. The van der Waals surface area contributed by atoms with E-state index < -0.39 is 0 Å². The van der Waals surface area contributed by atoms with Gasteiger partial charge in [0.15, 0.2) is 5.16 Å². The molecule has 0 saturated carbocycles. The molecule has 3 aromatic rings. The average molecular weight is 357 g/mol. The molecule has 1 N–H and O–H groups in total. The number of thioether (sulfide) groups is 1. The van der Waals surface area contributed by atoms with Gasteiger partial charge in [0, 0.05) is 11.8 Å². The second-order valence-corrected chi connectivity index (χ2v) is 7.09. The first-order chi connectivity index (χ1) is 11.9. The van der Waals surface area contributed by atoms with E-state index in [-0.39, 0.29) is 11.2 Å². The lowest BCUT2D eigenvalue weighted by molar-refractivity contribution is -0.115. The number of anilines is 1. The largest absolute Gasteiger partial charge is 0.338 e. The molecule has 7 nitrogen and oxygen atoms in total. The van der Waals surface area contributed by atoms with Gasteiger partial charge in [-0.25, -0.2) is 0 Å². The van der Waals surface area contributed by atoms with Gasteiger partial charge >= 0.3 is 0 Å². The lowest BCUT2D eigenvalue weighted by Crippen LogP contribution is -2.22. The third-order valence-corrected chi connectivity index (χ3v) is 4.62. The quantitative estimate of drug-likeness (QED) is 0.705. The molecule has 1 unspecified atom stereocenters. The molecule has 130 valence electrons. The number of benzene rings is 1. The van der Waals surface area contributed by atoms with Crippen LogP contribution in [0, 0.1) is 20.8 Å². The topological polar surface area (TPSA) is 85.8 Å². The number of nitrogens with zero attached hydrogens (tertiary/aromatic N) is 4. The standard InChI is InChI=1S/C17H19N5O2S/c1-10-6-5-7-14(8-10)22-13(4)19-20-17(22)25-12(3)16(23)18-15-9-11(2)21-24-15/h5-9,12H,1-4H3,(H,18,23). The second kappa shape index (κ2) is 7.10. The maximum atomic E-state index is 12.4. The van der Waals surface area contributed by atoms with E-state index in [9.17, 15) is 4.79 Å². The van der Waals surface area contributed by atoms with Gasteiger partial charge in [-0.3, -0.25) is 14.7 Å². The van der Waals surface area contributed by atoms with Crippen LogP contribution in [0.4, 0.5) is 5.88 Å². The van der Waals surface area contributed by atoms with Crippen molar-refractivity contribution in [1.29, 1.82) is 0 Å². The van der Waals surface area contributed by atoms with Crippen molar-refractivity contribution >= 4 is 23.6 Å². The summed E-state index contributed by atoms with van der Waals surface area (Å²) in [6, 6.07) is 9.75. The third kappa shape index (κ3) is 3.90. The molecule has 1 aromatic carbocycles. The normalized spacial score (nSPS) is 12.2. The van der Waals surface area contributed by atoms with Crippen molar-refractivity contribution in [3.05, 3.63) is 47.4 Å². The first-order valence-corrected chi connectivity index (χ1v) is 8.72. The van der Waals surface area contributed by atoms with Gasteiger partial charge in [-0.2, -0.15) is 0 Å². The highest BCUT2D eigenvalue weighted by atomic mass is 32.2. The van der Waals surface area contributed by atoms with Crippen LogP contribution < -0.4 is 5.32 Å². The zero-order valence-electron chi connectivity index (χ0n) is 14.5. The summed E-state index contributed by atoms with van der Waals surface area (Å²) < 4.78 is 6.97. The van der Waals surface area contributed by atoms with Gasteiger partial charge in [0.25, 0.3) is 0 Å². The molecule has 3 rings (SSSR count). The molecule has 0 aliphatic heterocycles. The molecule has 0 fully saturated rings. The van der Waals surface area contributed by atoms with E-state index >= 15 is 0 Å². The van der Waals surface area contributed by atoms with Gasteiger partial charge < -0.3 is 4.52 Å². The number of aromatic nitrogens is 4. The number of nitrogens with one attached hydrogen (secondary N) is 1. The molecule has 0 aliphatic rings. The fourth-order valence-electron chi connectivity index (χ4n) is 2.34. The van der Waals surface area contributed by atoms with Crippen molar-refractivity contribution in [3.8, 4) is 5.69 Å². The van der Waals surface area contributed by atoms with E-state index in [1.807, 2.05) is 43.5 Å². The minimum absolute atomic E-state index is 0.183. The molecule has 0 aliphatic carbocycles. The summed E-state index contributed by atoms with van der Waals surface area (Å²) in [6.07, 6.45) is 0. The maximum Gasteiger partial charge on any atom is 0.240 e. The van der Waals surface area contributed by atoms with Gasteiger partial charge in [-0.15, -0.1) is 10.2 Å². The van der Waals surface area contributed by atoms with E-state index in [0.29, 0.717) is 16.7 Å². The first-order valence-electron chi connectivity index (χ1n) is 7.84. The van der Waals surface area contributed by atoms with Crippen molar-refractivity contribution in [2.24, 2.45) is 0 Å². The summed E-state index contributed by atoms with van der Waals surface area (Å²) in [5, 5.41) is 15.1. The van der Waals surface area contributed by atoms with Crippen LogP contribution >= 0.6 is 11.8 Å². The Morgan fingerprint density at radius 2 is 2.04 bits per heavy atom. The molecule has 0 bridgehead atoms. The lowest BCUT2D eigenvalue weighted by Gasteiger charge is -2.12. The van der Waals surface area contributed by atoms with Gasteiger partial charge in [-0.1, -0.05) is 29.1 Å². The first kappa shape index (κ1) is 17.2. The Labute approximate surface area is 149 Å². The molecular formula is C17H19N5O2S. The third-order valence-electron chi connectivity index (χ3n) is 3.58. The maximum absolute atomic E-state index is 12.4. The summed E-state index contributed by atoms with van der Waals surface area (Å²) >= 11 is 1.34. The van der Waals surface area contributed by atoms with Crippen molar-refractivity contribution in [2.75, 3.05) is 5.32 Å². The lowest BCUT2D eigenvalue weighted by atomic mass is 10.2. The van der Waals surface area contributed by atoms with Crippen LogP contribution in [-0.4, -0.2) is 31.1 Å². The number of amides is 1. The van der Waals surface area contributed by atoms with Crippen LogP contribution in [0.3, 0.4) is 0 Å². The van der Waals surface area contributed by atoms with Crippen LogP contribution in [0.25, 0.3) is 5.69 Å². The number of aryl methyl sites for hydroxylation is 3. The number of rotatable bonds is 5. The number of hydrogen-bond acceptors (Lipinski definition) is 6. The van der Waals surface area contributed by atoms with Crippen LogP contribution in [-0.2, 0) is 4.79 Å². The Morgan fingerprint density at radius 3 is 2.72 bits per heavy atom. The molecular weight excluding hydrogens is 338 g/mol. The molecule has 8 heteroatoms. The SMILES string of the molecule is Cc1cccc(-n2c(C)nnc2SC(C)C(=O)Nc2cc(C)no2)c1. The monoisotopic (exact) mass is 357 g/mol. The smallest absolute Gasteiger partial charge is 0.240 e. The fourth-order valence-corrected chi connectivity index (χ4v) is 3.25. The van der Waals surface area contributed by atoms with Crippen molar-refractivity contribution < 1.29 is 9.32 Å². The summed E-state index contributed by atoms with van der Waals surface area (Å²) in [4.78, 5) is 12.4. The summed E-state index contributed by atoms with van der Waals surface area (Å²) in [6.45, 7) is 7.53. The second-order valence-electron chi connectivity index (χ2n) is 5.79. The number of carbonyl (C=O) groups excluding carboxylic acids is 1. The van der Waals surface area contributed by atoms with Crippen LogP contribution in [0.1, 0.15) is 24.0 Å². The van der Waals surface area contributed by atoms with Crippen molar-refractivity contribution in [2.45, 2.75) is 38.1 Å². The molecule has 2 aromatic heterocycles. The Balaban J connectivity index is 1.78. The molecule has 0 radical (unpaired) electrons. The highest BCUT2D eigenvalue weighted by molar-refractivity contribution is 8.00. The predicted octanol–water partition coefficient (Wildman–Crippen LogP) is 3.30. The van der Waals surface area contributed by atoms with Crippen LogP contribution in [0.15, 0.2) is 40.0 Å². The molecule has 1 amide bonds. The molecule has 2 heterocycles. The Hall–Kier alpha value is -2.61. The number of carbonyl (C=O) groups is 1. The van der Waals surface area contributed by atoms with Gasteiger partial charge in [0.1, 0.15) is 5.82 Å². The Bertz CT molecular complexity index is 902. The van der Waals surface area contributed by atoms with E-state index in [0.717, 1.165) is 17.1 Å². The Morgan fingerprint density at radius 1 is 1.24 bits per heavy atom. The molecule has 1 atom stereocenters. The predicted molar refractivity (Wildman–Crippen MR) is 96.0 cm³/mol. The van der Waals surface area contributed by atoms with Crippen LogP contribution in [0.2, 0.25) is 0 Å². The zero-order chi connectivity index (χ0) is 18.0. The highest BCUT2D eigenvalue weighted by Crippen LogP contribution is 2.26. The van der Waals surface area contributed by atoms with Crippen molar-refractivity contribution in [1.82, 2.24) is 19.9 Å². The van der Waals surface area contributed by atoms with E-state index in [4.69, 9.17) is 4.52 Å². The van der Waals surface area contributed by atoms with E-state index in [1.54, 1.807) is 13.0 Å².